The van der Waals surface area contributed by atoms with Crippen molar-refractivity contribution < 1.29 is 4.52 Å². The lowest BCUT2D eigenvalue weighted by atomic mass is 10.1. The largest absolute Gasteiger partial charge is 0.350 e. The molecule has 27 heavy (non-hydrogen) atoms. The molecule has 0 atom stereocenters. The van der Waals surface area contributed by atoms with Crippen molar-refractivity contribution in [3.05, 3.63) is 47.5 Å². The van der Waals surface area contributed by atoms with Crippen LogP contribution in [0.4, 0.5) is 5.82 Å². The number of hydrogen-bond donors (Lipinski definition) is 1. The van der Waals surface area contributed by atoms with Crippen LogP contribution >= 0.6 is 12.4 Å². The quantitative estimate of drug-likeness (QED) is 0.726. The third-order valence-electron chi connectivity index (χ3n) is 4.40. The lowest BCUT2D eigenvalue weighted by molar-refractivity contribution is 0.374. The van der Waals surface area contributed by atoms with Gasteiger partial charge >= 0.3 is 0 Å². The van der Waals surface area contributed by atoms with Crippen molar-refractivity contribution in [1.82, 2.24) is 30.4 Å². The first kappa shape index (κ1) is 19.2. The zero-order chi connectivity index (χ0) is 17.9. The number of aryl methyl sites for hydroxylation is 1. The summed E-state index contributed by atoms with van der Waals surface area (Å²) in [5.41, 5.74) is 3.25. The maximum atomic E-state index is 5.27. The molecule has 1 aliphatic heterocycles. The highest BCUT2D eigenvalue weighted by Crippen LogP contribution is 2.27. The predicted octanol–water partition coefficient (Wildman–Crippen LogP) is 1.98. The first-order chi connectivity index (χ1) is 12.7. The second kappa shape index (κ2) is 8.41. The summed E-state index contributed by atoms with van der Waals surface area (Å²) in [6, 6.07) is 3.86. The van der Waals surface area contributed by atoms with Crippen molar-refractivity contribution in [3.8, 4) is 11.4 Å². The number of nitrogens with zero attached hydrogens (tertiary/aromatic N) is 6. The van der Waals surface area contributed by atoms with Gasteiger partial charge in [-0.2, -0.15) is 4.98 Å². The Kier molecular flexibility index (Phi) is 5.98. The van der Waals surface area contributed by atoms with Crippen LogP contribution in [0.1, 0.15) is 23.0 Å². The molecule has 0 spiro atoms. The molecule has 3 aromatic rings. The van der Waals surface area contributed by atoms with E-state index >= 15 is 0 Å². The predicted molar refractivity (Wildman–Crippen MR) is 104 cm³/mol. The summed E-state index contributed by atoms with van der Waals surface area (Å²) in [6.45, 7) is 4.17. The Balaban J connectivity index is 0.00000210. The summed E-state index contributed by atoms with van der Waals surface area (Å²) >= 11 is 0. The summed E-state index contributed by atoms with van der Waals surface area (Å²) in [5, 5.41) is 7.30. The van der Waals surface area contributed by atoms with Gasteiger partial charge in [-0.1, -0.05) is 5.16 Å². The number of hydrogen-bond acceptors (Lipinski definition) is 8. The van der Waals surface area contributed by atoms with Crippen LogP contribution in [-0.4, -0.2) is 45.2 Å². The third kappa shape index (κ3) is 4.23. The van der Waals surface area contributed by atoms with Gasteiger partial charge in [0, 0.05) is 43.5 Å². The van der Waals surface area contributed by atoms with E-state index in [0.717, 1.165) is 48.8 Å². The Bertz CT molecular complexity index is 900. The zero-order valence-corrected chi connectivity index (χ0v) is 16.2. The minimum absolute atomic E-state index is 0. The maximum absolute atomic E-state index is 5.27. The van der Waals surface area contributed by atoms with Gasteiger partial charge in [-0.25, -0.2) is 9.97 Å². The monoisotopic (exact) mass is 387 g/mol. The van der Waals surface area contributed by atoms with Gasteiger partial charge in [0.2, 0.25) is 5.89 Å². The standard InChI is InChI=1S/C18H21N7O.ClH/c1-12-21-16(26-24-12)11-25(2)18-14-5-9-20-10-6-15(14)22-17(23-18)13-3-7-19-8-4-13;/h3-4,7-8,20H,5-6,9-11H2,1-2H3;1H. The van der Waals surface area contributed by atoms with E-state index in [1.165, 1.54) is 5.56 Å². The van der Waals surface area contributed by atoms with Gasteiger partial charge in [-0.05, 0) is 32.0 Å². The molecule has 0 bridgehead atoms. The van der Waals surface area contributed by atoms with Crippen molar-refractivity contribution in [2.24, 2.45) is 0 Å². The van der Waals surface area contributed by atoms with Gasteiger partial charge in [-0.15, -0.1) is 12.4 Å². The molecular formula is C18H22ClN7O. The van der Waals surface area contributed by atoms with Crippen LogP contribution in [0.25, 0.3) is 11.4 Å². The van der Waals surface area contributed by atoms with Crippen molar-refractivity contribution in [2.75, 3.05) is 25.0 Å². The minimum atomic E-state index is 0. The Hall–Kier alpha value is -2.58. The lowest BCUT2D eigenvalue weighted by Crippen LogP contribution is -2.22. The van der Waals surface area contributed by atoms with E-state index in [-0.39, 0.29) is 12.4 Å². The first-order valence-electron chi connectivity index (χ1n) is 8.72. The number of anilines is 1. The van der Waals surface area contributed by atoms with E-state index in [0.29, 0.717) is 18.3 Å². The topological polar surface area (TPSA) is 92.9 Å². The highest BCUT2D eigenvalue weighted by Gasteiger charge is 2.21. The summed E-state index contributed by atoms with van der Waals surface area (Å²) in [5.74, 6) is 2.85. The van der Waals surface area contributed by atoms with E-state index in [1.54, 1.807) is 12.4 Å². The molecule has 1 aliphatic rings. The van der Waals surface area contributed by atoms with Gasteiger partial charge in [0.15, 0.2) is 11.6 Å². The number of rotatable bonds is 4. The molecule has 8 nitrogen and oxygen atoms in total. The molecule has 0 fully saturated rings. The molecule has 9 heteroatoms. The molecule has 0 aromatic carbocycles. The van der Waals surface area contributed by atoms with Crippen LogP contribution in [0.15, 0.2) is 29.0 Å². The van der Waals surface area contributed by atoms with Gasteiger partial charge < -0.3 is 14.7 Å². The zero-order valence-electron chi connectivity index (χ0n) is 15.3. The second-order valence-corrected chi connectivity index (χ2v) is 6.37. The number of aromatic nitrogens is 5. The molecular weight excluding hydrogens is 366 g/mol. The molecule has 0 saturated heterocycles. The van der Waals surface area contributed by atoms with Crippen molar-refractivity contribution in [2.45, 2.75) is 26.3 Å². The highest BCUT2D eigenvalue weighted by molar-refractivity contribution is 5.85. The van der Waals surface area contributed by atoms with Gasteiger partial charge in [0.05, 0.1) is 12.2 Å². The minimum Gasteiger partial charge on any atom is -0.350 e. The number of halogens is 1. The van der Waals surface area contributed by atoms with Crippen LogP contribution in [-0.2, 0) is 19.4 Å². The fourth-order valence-corrected chi connectivity index (χ4v) is 3.15. The number of fused-ring (bicyclic) bond motifs is 1. The van der Waals surface area contributed by atoms with E-state index in [9.17, 15) is 0 Å². The Morgan fingerprint density at radius 1 is 1.11 bits per heavy atom. The molecule has 0 aliphatic carbocycles. The molecule has 4 rings (SSSR count). The van der Waals surface area contributed by atoms with Crippen molar-refractivity contribution in [3.63, 3.8) is 0 Å². The fraction of sp³-hybridized carbons (Fsp3) is 0.389. The highest BCUT2D eigenvalue weighted by atomic mass is 35.5. The smallest absolute Gasteiger partial charge is 0.246 e. The van der Waals surface area contributed by atoms with Crippen LogP contribution in [0.2, 0.25) is 0 Å². The van der Waals surface area contributed by atoms with Crippen LogP contribution in [0, 0.1) is 6.92 Å². The molecule has 1 N–H and O–H groups in total. The summed E-state index contributed by atoms with van der Waals surface area (Å²) in [6.07, 6.45) is 5.30. The molecule has 0 saturated carbocycles. The van der Waals surface area contributed by atoms with Crippen LogP contribution in [0.5, 0.6) is 0 Å². The van der Waals surface area contributed by atoms with Crippen molar-refractivity contribution >= 4 is 18.2 Å². The van der Waals surface area contributed by atoms with Gasteiger partial charge in [0.25, 0.3) is 0 Å². The SMILES string of the molecule is Cc1noc(CN(C)c2nc(-c3ccncc3)nc3c2CCNCC3)n1.Cl. The Labute approximate surface area is 163 Å². The Morgan fingerprint density at radius 2 is 1.89 bits per heavy atom. The second-order valence-electron chi connectivity index (χ2n) is 6.37. The molecule has 142 valence electrons. The van der Waals surface area contributed by atoms with E-state index < -0.39 is 0 Å². The van der Waals surface area contributed by atoms with Crippen molar-refractivity contribution in [1.29, 1.82) is 0 Å². The number of pyridine rings is 1. The summed E-state index contributed by atoms with van der Waals surface area (Å²) in [7, 11) is 2.00. The van der Waals surface area contributed by atoms with Crippen LogP contribution in [0.3, 0.4) is 0 Å². The molecule has 0 amide bonds. The van der Waals surface area contributed by atoms with Gasteiger partial charge in [-0.3, -0.25) is 4.98 Å². The van der Waals surface area contributed by atoms with E-state index in [4.69, 9.17) is 14.5 Å². The molecule has 3 aromatic heterocycles. The third-order valence-corrected chi connectivity index (χ3v) is 4.40. The normalized spacial score (nSPS) is 13.4. The Morgan fingerprint density at radius 3 is 2.63 bits per heavy atom. The molecule has 0 unspecified atom stereocenters. The van der Waals surface area contributed by atoms with Gasteiger partial charge in [0.1, 0.15) is 5.82 Å². The molecule has 0 radical (unpaired) electrons. The van der Waals surface area contributed by atoms with E-state index in [1.807, 2.05) is 26.1 Å². The maximum Gasteiger partial charge on any atom is 0.246 e. The molecule has 4 heterocycles. The summed E-state index contributed by atoms with van der Waals surface area (Å²) < 4.78 is 5.27. The average molecular weight is 388 g/mol. The number of nitrogens with one attached hydrogen (secondary N) is 1. The average Bonchev–Trinajstić information content (AvgIpc) is 2.92. The lowest BCUT2D eigenvalue weighted by Gasteiger charge is -2.21. The first-order valence-corrected chi connectivity index (χ1v) is 8.72. The van der Waals surface area contributed by atoms with E-state index in [2.05, 4.69) is 25.3 Å². The van der Waals surface area contributed by atoms with Crippen LogP contribution < -0.4 is 10.2 Å². The fourth-order valence-electron chi connectivity index (χ4n) is 3.15. The summed E-state index contributed by atoms with van der Waals surface area (Å²) in [4.78, 5) is 20.2.